The van der Waals surface area contributed by atoms with E-state index in [2.05, 4.69) is 46.4 Å². The molecular weight excluding hydrogens is 374 g/mol. The Hall–Kier alpha value is -1.59. The lowest BCUT2D eigenvalue weighted by atomic mass is 10.0. The summed E-state index contributed by atoms with van der Waals surface area (Å²) in [5.41, 5.74) is 2.20. The number of piperidine rings is 1. The summed E-state index contributed by atoms with van der Waals surface area (Å²) < 4.78 is 5.89. The highest BCUT2D eigenvalue weighted by Crippen LogP contribution is 2.27. The number of nitrogens with zero attached hydrogens (tertiary/aromatic N) is 2. The number of amides is 1. The molecule has 2 heterocycles. The van der Waals surface area contributed by atoms with Gasteiger partial charge in [0.2, 0.25) is 5.91 Å². The zero-order valence-corrected chi connectivity index (χ0v) is 18.7. The summed E-state index contributed by atoms with van der Waals surface area (Å²) in [5.74, 6) is 0.410. The Balaban J connectivity index is 1.20. The van der Waals surface area contributed by atoms with Crippen molar-refractivity contribution in [2.45, 2.75) is 76.4 Å². The minimum Gasteiger partial charge on any atom is -0.378 e. The van der Waals surface area contributed by atoms with Gasteiger partial charge in [-0.1, -0.05) is 12.8 Å². The number of benzene rings is 1. The topological polar surface area (TPSA) is 44.8 Å². The van der Waals surface area contributed by atoms with E-state index in [0.717, 1.165) is 44.8 Å². The van der Waals surface area contributed by atoms with Crippen LogP contribution >= 0.6 is 0 Å². The number of anilines is 2. The number of carbonyl (C=O) groups is 1. The maximum absolute atomic E-state index is 12.3. The van der Waals surface area contributed by atoms with Gasteiger partial charge in [0.25, 0.3) is 0 Å². The predicted octanol–water partition coefficient (Wildman–Crippen LogP) is 4.68. The van der Waals surface area contributed by atoms with E-state index < -0.39 is 0 Å². The van der Waals surface area contributed by atoms with Gasteiger partial charge >= 0.3 is 0 Å². The van der Waals surface area contributed by atoms with E-state index >= 15 is 0 Å². The van der Waals surface area contributed by atoms with Crippen molar-refractivity contribution in [2.75, 3.05) is 43.5 Å². The summed E-state index contributed by atoms with van der Waals surface area (Å²) in [6.07, 6.45) is 12.3. The Bertz CT molecular complexity index is 657. The molecule has 0 bridgehead atoms. The average Bonchev–Trinajstić information content (AvgIpc) is 3.34. The molecule has 3 aliphatic rings. The largest absolute Gasteiger partial charge is 0.378 e. The third-order valence-electron chi connectivity index (χ3n) is 7.39. The zero-order chi connectivity index (χ0) is 20.8. The molecule has 1 saturated carbocycles. The SMILES string of the molecule is CN(CC[C@@H]1CCCCO1)C1CCN(c2ccc(NC(=O)C3CCCC3)cc2)CC1. The molecule has 3 fully saturated rings. The van der Waals surface area contributed by atoms with Gasteiger partial charge in [0.05, 0.1) is 6.10 Å². The number of rotatable bonds is 7. The van der Waals surface area contributed by atoms with Gasteiger partial charge < -0.3 is 19.9 Å². The van der Waals surface area contributed by atoms with Gasteiger partial charge in [-0.05, 0) is 82.7 Å². The first kappa shape index (κ1) is 21.6. The molecule has 0 spiro atoms. The van der Waals surface area contributed by atoms with Crippen molar-refractivity contribution in [1.82, 2.24) is 4.90 Å². The minimum absolute atomic E-state index is 0.197. The Morgan fingerprint density at radius 2 is 1.73 bits per heavy atom. The first-order chi connectivity index (χ1) is 14.7. The van der Waals surface area contributed by atoms with Crippen LogP contribution in [0.1, 0.15) is 64.2 Å². The smallest absolute Gasteiger partial charge is 0.227 e. The molecule has 1 aromatic rings. The van der Waals surface area contributed by atoms with Crippen LogP contribution in [0.25, 0.3) is 0 Å². The molecule has 2 saturated heterocycles. The summed E-state index contributed by atoms with van der Waals surface area (Å²) in [4.78, 5) is 17.4. The highest BCUT2D eigenvalue weighted by atomic mass is 16.5. The second-order valence-corrected chi connectivity index (χ2v) is 9.49. The average molecular weight is 414 g/mol. The predicted molar refractivity (Wildman–Crippen MR) is 123 cm³/mol. The fraction of sp³-hybridized carbons (Fsp3) is 0.720. The van der Waals surface area contributed by atoms with Gasteiger partial charge in [-0.2, -0.15) is 0 Å². The van der Waals surface area contributed by atoms with E-state index in [4.69, 9.17) is 4.74 Å². The number of nitrogens with one attached hydrogen (secondary N) is 1. The van der Waals surface area contributed by atoms with Crippen LogP contribution in [0.3, 0.4) is 0 Å². The molecule has 4 rings (SSSR count). The molecule has 2 aliphatic heterocycles. The molecule has 0 unspecified atom stereocenters. The first-order valence-corrected chi connectivity index (χ1v) is 12.2. The van der Waals surface area contributed by atoms with E-state index in [1.165, 1.54) is 57.1 Å². The van der Waals surface area contributed by atoms with Gasteiger partial charge in [0.15, 0.2) is 0 Å². The van der Waals surface area contributed by atoms with Crippen LogP contribution < -0.4 is 10.2 Å². The van der Waals surface area contributed by atoms with Crippen molar-refractivity contribution in [1.29, 1.82) is 0 Å². The van der Waals surface area contributed by atoms with Crippen molar-refractivity contribution >= 4 is 17.3 Å². The first-order valence-electron chi connectivity index (χ1n) is 12.2. The summed E-state index contributed by atoms with van der Waals surface area (Å²) in [6.45, 7) is 4.30. The molecular formula is C25H39N3O2. The second kappa shape index (κ2) is 10.6. The summed E-state index contributed by atoms with van der Waals surface area (Å²) in [7, 11) is 2.28. The molecule has 1 aliphatic carbocycles. The Labute approximate surface area is 182 Å². The van der Waals surface area contributed by atoms with Crippen LogP contribution in [0.15, 0.2) is 24.3 Å². The normalized spacial score (nSPS) is 23.8. The molecule has 1 aromatic carbocycles. The molecule has 166 valence electrons. The van der Waals surface area contributed by atoms with Crippen LogP contribution in [-0.2, 0) is 9.53 Å². The molecule has 1 N–H and O–H groups in total. The van der Waals surface area contributed by atoms with Crippen molar-refractivity contribution in [3.8, 4) is 0 Å². The van der Waals surface area contributed by atoms with Crippen molar-refractivity contribution in [2.24, 2.45) is 5.92 Å². The third-order valence-corrected chi connectivity index (χ3v) is 7.39. The summed E-state index contributed by atoms with van der Waals surface area (Å²) in [5, 5.41) is 3.10. The standard InChI is InChI=1S/C25H39N3O2/c1-27(16-15-24-8-4-5-19-30-24)22-13-17-28(18-14-22)23-11-9-21(10-12-23)26-25(29)20-6-2-3-7-20/h9-12,20,22,24H,2-8,13-19H2,1H3,(H,26,29)/t24-/m0/s1. The van der Waals surface area contributed by atoms with E-state index in [-0.39, 0.29) is 11.8 Å². The van der Waals surface area contributed by atoms with Gasteiger partial charge in [-0.3, -0.25) is 4.79 Å². The maximum Gasteiger partial charge on any atom is 0.227 e. The van der Waals surface area contributed by atoms with Crippen molar-refractivity contribution in [3.05, 3.63) is 24.3 Å². The highest BCUT2D eigenvalue weighted by molar-refractivity contribution is 5.92. The van der Waals surface area contributed by atoms with Gasteiger partial charge in [0.1, 0.15) is 0 Å². The van der Waals surface area contributed by atoms with E-state index in [9.17, 15) is 4.79 Å². The molecule has 5 heteroatoms. The van der Waals surface area contributed by atoms with E-state index in [1.54, 1.807) is 0 Å². The van der Waals surface area contributed by atoms with Crippen molar-refractivity contribution < 1.29 is 9.53 Å². The lowest BCUT2D eigenvalue weighted by Gasteiger charge is -2.38. The molecule has 0 radical (unpaired) electrons. The molecule has 0 aromatic heterocycles. The fourth-order valence-electron chi connectivity index (χ4n) is 5.32. The van der Waals surface area contributed by atoms with Crippen LogP contribution in [0.2, 0.25) is 0 Å². The minimum atomic E-state index is 0.197. The highest BCUT2D eigenvalue weighted by Gasteiger charge is 2.25. The molecule has 1 amide bonds. The van der Waals surface area contributed by atoms with Gasteiger partial charge in [-0.15, -0.1) is 0 Å². The Morgan fingerprint density at radius 1 is 1.03 bits per heavy atom. The van der Waals surface area contributed by atoms with E-state index in [0.29, 0.717) is 12.1 Å². The molecule has 30 heavy (non-hydrogen) atoms. The zero-order valence-electron chi connectivity index (χ0n) is 18.7. The maximum atomic E-state index is 12.3. The number of ether oxygens (including phenoxy) is 1. The van der Waals surface area contributed by atoms with Crippen LogP contribution in [-0.4, -0.2) is 56.2 Å². The lowest BCUT2D eigenvalue weighted by molar-refractivity contribution is -0.119. The number of carbonyl (C=O) groups excluding carboxylic acids is 1. The quantitative estimate of drug-likeness (QED) is 0.705. The number of hydrogen-bond donors (Lipinski definition) is 1. The Kier molecular flexibility index (Phi) is 7.67. The third kappa shape index (κ3) is 5.76. The number of hydrogen-bond acceptors (Lipinski definition) is 4. The molecule has 1 atom stereocenters. The van der Waals surface area contributed by atoms with E-state index in [1.807, 2.05) is 0 Å². The van der Waals surface area contributed by atoms with Crippen molar-refractivity contribution in [3.63, 3.8) is 0 Å². The van der Waals surface area contributed by atoms with Gasteiger partial charge in [0, 0.05) is 49.6 Å². The Morgan fingerprint density at radius 3 is 2.40 bits per heavy atom. The van der Waals surface area contributed by atoms with Crippen LogP contribution in [0.4, 0.5) is 11.4 Å². The fourth-order valence-corrected chi connectivity index (χ4v) is 5.32. The molecule has 5 nitrogen and oxygen atoms in total. The van der Waals surface area contributed by atoms with Crippen LogP contribution in [0.5, 0.6) is 0 Å². The summed E-state index contributed by atoms with van der Waals surface area (Å²) in [6, 6.07) is 9.12. The second-order valence-electron chi connectivity index (χ2n) is 9.49. The summed E-state index contributed by atoms with van der Waals surface area (Å²) >= 11 is 0. The van der Waals surface area contributed by atoms with Gasteiger partial charge in [-0.25, -0.2) is 0 Å². The monoisotopic (exact) mass is 413 g/mol. The lowest BCUT2D eigenvalue weighted by Crippen LogP contribution is -2.44. The van der Waals surface area contributed by atoms with Crippen LogP contribution in [0, 0.1) is 5.92 Å².